The predicted octanol–water partition coefficient (Wildman–Crippen LogP) is 3.67. The van der Waals surface area contributed by atoms with Crippen LogP contribution in [0, 0.1) is 0 Å². The van der Waals surface area contributed by atoms with Crippen molar-refractivity contribution in [3.63, 3.8) is 0 Å². The summed E-state index contributed by atoms with van der Waals surface area (Å²) < 4.78 is 1.84. The van der Waals surface area contributed by atoms with Crippen molar-refractivity contribution in [3.05, 3.63) is 45.5 Å². The Bertz CT molecular complexity index is 869. The molecule has 2 aliphatic rings. The van der Waals surface area contributed by atoms with Gasteiger partial charge in [0.05, 0.1) is 21.4 Å². The molecule has 0 radical (unpaired) electrons. The van der Waals surface area contributed by atoms with E-state index in [-0.39, 0.29) is 17.8 Å². The van der Waals surface area contributed by atoms with E-state index in [1.54, 1.807) is 18.2 Å². The topological polar surface area (TPSA) is 76.0 Å². The first-order valence-corrected chi connectivity index (χ1v) is 9.46. The maximum Gasteiger partial charge on any atom is 0.291 e. The normalized spacial score (nSPS) is 16.1. The molecule has 2 heterocycles. The van der Waals surface area contributed by atoms with Crippen LogP contribution >= 0.6 is 23.2 Å². The van der Waals surface area contributed by atoms with E-state index in [1.165, 1.54) is 0 Å². The summed E-state index contributed by atoms with van der Waals surface area (Å²) >= 11 is 12.3. The lowest BCUT2D eigenvalue weighted by Crippen LogP contribution is -2.27. The SMILES string of the molecule is O=C(NC1CC1)c1nc(C(=O)Nc2c(Cl)cccc2Cl)n2c1CCCC2. The number of hydrogen-bond acceptors (Lipinski definition) is 3. The van der Waals surface area contributed by atoms with Gasteiger partial charge in [0.2, 0.25) is 0 Å². The van der Waals surface area contributed by atoms with Crippen LogP contribution < -0.4 is 10.6 Å². The number of halogens is 2. The lowest BCUT2D eigenvalue weighted by molar-refractivity contribution is 0.0945. The maximum atomic E-state index is 12.8. The fraction of sp³-hybridized carbons (Fsp3) is 0.389. The third-order valence-corrected chi connectivity index (χ3v) is 5.28. The molecule has 1 aliphatic heterocycles. The summed E-state index contributed by atoms with van der Waals surface area (Å²) in [7, 11) is 0. The molecule has 4 rings (SSSR count). The van der Waals surface area contributed by atoms with Crippen molar-refractivity contribution in [3.8, 4) is 0 Å². The van der Waals surface area contributed by atoms with Crippen LogP contribution in [0.1, 0.15) is 52.5 Å². The van der Waals surface area contributed by atoms with E-state index in [9.17, 15) is 9.59 Å². The van der Waals surface area contributed by atoms with E-state index in [0.29, 0.717) is 28.0 Å². The average Bonchev–Trinajstić information content (AvgIpc) is 3.35. The second kappa shape index (κ2) is 6.93. The Hall–Kier alpha value is -2.05. The highest BCUT2D eigenvalue weighted by molar-refractivity contribution is 6.39. The molecule has 1 aliphatic carbocycles. The molecule has 1 fully saturated rings. The van der Waals surface area contributed by atoms with Crippen LogP contribution in [-0.4, -0.2) is 27.4 Å². The number of rotatable bonds is 4. The predicted molar refractivity (Wildman–Crippen MR) is 100 cm³/mol. The van der Waals surface area contributed by atoms with E-state index in [0.717, 1.165) is 37.8 Å². The number of carbonyl (C=O) groups excluding carboxylic acids is 2. The van der Waals surface area contributed by atoms with Gasteiger partial charge in [-0.15, -0.1) is 0 Å². The van der Waals surface area contributed by atoms with Gasteiger partial charge in [-0.25, -0.2) is 4.98 Å². The van der Waals surface area contributed by atoms with Gasteiger partial charge in [-0.05, 0) is 44.2 Å². The van der Waals surface area contributed by atoms with Crippen LogP contribution in [0.4, 0.5) is 5.69 Å². The Kier molecular flexibility index (Phi) is 4.63. The lowest BCUT2D eigenvalue weighted by atomic mass is 10.1. The van der Waals surface area contributed by atoms with E-state index in [4.69, 9.17) is 23.2 Å². The van der Waals surface area contributed by atoms with Crippen molar-refractivity contribution in [2.45, 2.75) is 44.7 Å². The number of imidazole rings is 1. The number of anilines is 1. The van der Waals surface area contributed by atoms with Crippen molar-refractivity contribution in [1.29, 1.82) is 0 Å². The lowest BCUT2D eigenvalue weighted by Gasteiger charge is -2.17. The van der Waals surface area contributed by atoms with Crippen molar-refractivity contribution in [1.82, 2.24) is 14.9 Å². The molecule has 0 unspecified atom stereocenters. The van der Waals surface area contributed by atoms with E-state index in [2.05, 4.69) is 15.6 Å². The fourth-order valence-corrected chi connectivity index (χ4v) is 3.66. The van der Waals surface area contributed by atoms with Gasteiger partial charge >= 0.3 is 0 Å². The molecule has 0 bridgehead atoms. The first-order chi connectivity index (χ1) is 12.5. The zero-order chi connectivity index (χ0) is 18.3. The average molecular weight is 393 g/mol. The minimum atomic E-state index is -0.423. The number of amides is 2. The minimum Gasteiger partial charge on any atom is -0.348 e. The third-order valence-electron chi connectivity index (χ3n) is 4.65. The van der Waals surface area contributed by atoms with Crippen molar-refractivity contribution in [2.24, 2.45) is 0 Å². The van der Waals surface area contributed by atoms with Gasteiger partial charge in [0.15, 0.2) is 5.82 Å². The van der Waals surface area contributed by atoms with Gasteiger partial charge in [-0.2, -0.15) is 0 Å². The number of para-hydroxylation sites is 1. The summed E-state index contributed by atoms with van der Waals surface area (Å²) in [6, 6.07) is 5.25. The highest BCUT2D eigenvalue weighted by Gasteiger charge is 2.31. The first kappa shape index (κ1) is 17.4. The highest BCUT2D eigenvalue weighted by Crippen LogP contribution is 2.31. The smallest absolute Gasteiger partial charge is 0.291 e. The molecule has 26 heavy (non-hydrogen) atoms. The molecule has 8 heteroatoms. The van der Waals surface area contributed by atoms with E-state index >= 15 is 0 Å². The van der Waals surface area contributed by atoms with Gasteiger partial charge < -0.3 is 15.2 Å². The van der Waals surface area contributed by atoms with Gasteiger partial charge in [-0.3, -0.25) is 9.59 Å². The van der Waals surface area contributed by atoms with Gasteiger partial charge in [0, 0.05) is 12.6 Å². The molecule has 0 saturated heterocycles. The Morgan fingerprint density at radius 3 is 2.54 bits per heavy atom. The molecule has 2 aromatic rings. The molecule has 2 amide bonds. The standard InChI is InChI=1S/C18H18Cl2N4O2/c19-11-4-3-5-12(20)14(11)23-18(26)16-22-15(17(25)21-10-7-8-10)13-6-1-2-9-24(13)16/h3-5,10H,1-2,6-9H2,(H,21,25)(H,23,26). The molecule has 1 saturated carbocycles. The molecule has 136 valence electrons. The van der Waals surface area contributed by atoms with Crippen molar-refractivity contribution < 1.29 is 9.59 Å². The number of hydrogen-bond donors (Lipinski definition) is 2. The second-order valence-corrected chi connectivity index (χ2v) is 7.45. The maximum absolute atomic E-state index is 12.8. The molecular weight excluding hydrogens is 375 g/mol. The van der Waals surface area contributed by atoms with Gasteiger partial charge in [0.25, 0.3) is 11.8 Å². The zero-order valence-corrected chi connectivity index (χ0v) is 15.5. The number of aromatic nitrogens is 2. The third kappa shape index (κ3) is 3.31. The van der Waals surface area contributed by atoms with Crippen LogP contribution in [0.3, 0.4) is 0 Å². The summed E-state index contributed by atoms with van der Waals surface area (Å²) in [5.74, 6) is -0.404. The van der Waals surface area contributed by atoms with Crippen molar-refractivity contribution in [2.75, 3.05) is 5.32 Å². The Balaban J connectivity index is 1.66. The molecule has 1 aromatic heterocycles. The summed E-state index contributed by atoms with van der Waals surface area (Å²) in [5.41, 5.74) is 1.52. The molecule has 0 atom stereocenters. The number of carbonyl (C=O) groups is 2. The van der Waals surface area contributed by atoms with E-state index < -0.39 is 5.91 Å². The number of nitrogens with zero attached hydrogens (tertiary/aromatic N) is 2. The number of nitrogens with one attached hydrogen (secondary N) is 2. The first-order valence-electron chi connectivity index (χ1n) is 8.70. The highest BCUT2D eigenvalue weighted by atomic mass is 35.5. The molecule has 2 N–H and O–H groups in total. The summed E-state index contributed by atoms with van der Waals surface area (Å²) in [6.07, 6.45) is 4.66. The Labute approximate surface area is 160 Å². The molecule has 0 spiro atoms. The number of benzene rings is 1. The van der Waals surface area contributed by atoms with Crippen molar-refractivity contribution >= 4 is 40.7 Å². The van der Waals surface area contributed by atoms with E-state index in [1.807, 2.05) is 4.57 Å². The van der Waals surface area contributed by atoms with Gasteiger partial charge in [0.1, 0.15) is 5.69 Å². The largest absolute Gasteiger partial charge is 0.348 e. The van der Waals surface area contributed by atoms with Crippen LogP contribution in [0.2, 0.25) is 10.0 Å². The fourth-order valence-electron chi connectivity index (χ4n) is 3.17. The summed E-state index contributed by atoms with van der Waals surface area (Å²) in [6.45, 7) is 0.665. The summed E-state index contributed by atoms with van der Waals surface area (Å²) in [5, 5.41) is 6.38. The van der Waals surface area contributed by atoms with Crippen LogP contribution in [-0.2, 0) is 13.0 Å². The number of fused-ring (bicyclic) bond motifs is 1. The molecule has 1 aromatic carbocycles. The second-order valence-electron chi connectivity index (χ2n) is 6.64. The van der Waals surface area contributed by atoms with Crippen LogP contribution in [0.5, 0.6) is 0 Å². The Morgan fingerprint density at radius 1 is 1.12 bits per heavy atom. The van der Waals surface area contributed by atoms with Gasteiger partial charge in [-0.1, -0.05) is 29.3 Å². The van der Waals surface area contributed by atoms with Crippen LogP contribution in [0.15, 0.2) is 18.2 Å². The van der Waals surface area contributed by atoms with Crippen LogP contribution in [0.25, 0.3) is 0 Å². The summed E-state index contributed by atoms with van der Waals surface area (Å²) in [4.78, 5) is 29.7. The Morgan fingerprint density at radius 2 is 1.85 bits per heavy atom. The molecular formula is C18H18Cl2N4O2. The zero-order valence-electron chi connectivity index (χ0n) is 14.0. The quantitative estimate of drug-likeness (QED) is 0.832. The monoisotopic (exact) mass is 392 g/mol. The minimum absolute atomic E-state index is 0.201. The molecule has 6 nitrogen and oxygen atoms in total.